The molecule has 0 spiro atoms. The van der Waals surface area contributed by atoms with Crippen LogP contribution in [0.1, 0.15) is 24.4 Å². The van der Waals surface area contributed by atoms with E-state index in [-0.39, 0.29) is 11.7 Å². The van der Waals surface area contributed by atoms with Crippen molar-refractivity contribution in [1.82, 2.24) is 10.2 Å². The van der Waals surface area contributed by atoms with Crippen molar-refractivity contribution >= 4 is 28.9 Å². The minimum atomic E-state index is -0.808. The number of carbonyl (C=O) groups excluding carboxylic acids is 2. The summed E-state index contributed by atoms with van der Waals surface area (Å²) in [4.78, 5) is 39.1. The van der Waals surface area contributed by atoms with Gasteiger partial charge in [0.15, 0.2) is 0 Å². The third-order valence-electron chi connectivity index (χ3n) is 5.37. The largest absolute Gasteiger partial charge is 0.378 e. The predicted molar refractivity (Wildman–Crippen MR) is 119 cm³/mol. The third-order valence-corrected chi connectivity index (χ3v) is 5.37. The van der Waals surface area contributed by atoms with E-state index in [4.69, 9.17) is 0 Å². The number of anilines is 2. The number of likely N-dealkylation sites (tertiary alicyclic amines) is 1. The van der Waals surface area contributed by atoms with Gasteiger partial charge in [0.2, 0.25) is 0 Å². The number of nitro groups is 1. The molecule has 0 radical (unpaired) electrons. The summed E-state index contributed by atoms with van der Waals surface area (Å²) >= 11 is 0. The lowest BCUT2D eigenvalue weighted by atomic mass is 10.0. The van der Waals surface area contributed by atoms with Crippen LogP contribution in [-0.4, -0.2) is 55.4 Å². The van der Waals surface area contributed by atoms with Crippen molar-refractivity contribution in [2.75, 3.05) is 43.9 Å². The normalized spacial score (nSPS) is 14.6. The lowest BCUT2D eigenvalue weighted by molar-refractivity contribution is -0.384. The van der Waals surface area contributed by atoms with Crippen molar-refractivity contribution in [3.8, 4) is 0 Å². The molecule has 1 atom stereocenters. The number of nitro benzene ring substituents is 1. The van der Waals surface area contributed by atoms with Crippen LogP contribution in [0, 0.1) is 10.1 Å². The SMILES string of the molecule is CN(C)c1ccc(C(CNC(=O)C(=O)Nc2ccc([N+](=O)[O-])cc2)N2CCCC2)cc1. The van der Waals surface area contributed by atoms with E-state index in [1.54, 1.807) is 0 Å². The van der Waals surface area contributed by atoms with Gasteiger partial charge in [-0.15, -0.1) is 0 Å². The molecule has 3 rings (SSSR count). The van der Waals surface area contributed by atoms with Crippen molar-refractivity contribution < 1.29 is 14.5 Å². The highest BCUT2D eigenvalue weighted by atomic mass is 16.6. The first-order valence-corrected chi connectivity index (χ1v) is 10.2. The average molecular weight is 425 g/mol. The second kappa shape index (κ2) is 10.0. The van der Waals surface area contributed by atoms with Crippen molar-refractivity contribution in [1.29, 1.82) is 0 Å². The maximum Gasteiger partial charge on any atom is 0.313 e. The molecule has 2 aromatic rings. The van der Waals surface area contributed by atoms with Gasteiger partial charge in [-0.3, -0.25) is 24.6 Å². The maximum absolute atomic E-state index is 12.4. The molecule has 0 saturated carbocycles. The van der Waals surface area contributed by atoms with Crippen molar-refractivity contribution in [2.24, 2.45) is 0 Å². The van der Waals surface area contributed by atoms with E-state index in [1.807, 2.05) is 31.1 Å². The first-order valence-electron chi connectivity index (χ1n) is 10.2. The highest BCUT2D eigenvalue weighted by molar-refractivity contribution is 6.39. The summed E-state index contributed by atoms with van der Waals surface area (Å²) in [5.74, 6) is -1.55. The molecule has 1 fully saturated rings. The van der Waals surface area contributed by atoms with E-state index in [0.717, 1.165) is 37.2 Å². The summed E-state index contributed by atoms with van der Waals surface area (Å²) in [6.45, 7) is 2.21. The fourth-order valence-corrected chi connectivity index (χ4v) is 3.63. The second-order valence-electron chi connectivity index (χ2n) is 7.71. The molecule has 2 aromatic carbocycles. The van der Waals surface area contributed by atoms with Gasteiger partial charge in [0, 0.05) is 44.1 Å². The summed E-state index contributed by atoms with van der Waals surface area (Å²) in [6, 6.07) is 13.5. The van der Waals surface area contributed by atoms with Gasteiger partial charge in [-0.05, 0) is 55.8 Å². The molecule has 2 N–H and O–H groups in total. The van der Waals surface area contributed by atoms with Gasteiger partial charge in [-0.2, -0.15) is 0 Å². The van der Waals surface area contributed by atoms with Crippen LogP contribution >= 0.6 is 0 Å². The van der Waals surface area contributed by atoms with Gasteiger partial charge in [0.25, 0.3) is 5.69 Å². The topological polar surface area (TPSA) is 108 Å². The fourth-order valence-electron chi connectivity index (χ4n) is 3.63. The van der Waals surface area contributed by atoms with Gasteiger partial charge >= 0.3 is 11.8 Å². The Bertz CT molecular complexity index is 922. The Morgan fingerprint density at radius 1 is 1.03 bits per heavy atom. The molecule has 164 valence electrons. The van der Waals surface area contributed by atoms with Gasteiger partial charge in [0.05, 0.1) is 11.0 Å². The smallest absolute Gasteiger partial charge is 0.313 e. The van der Waals surface area contributed by atoms with Crippen molar-refractivity contribution in [2.45, 2.75) is 18.9 Å². The number of carbonyl (C=O) groups is 2. The average Bonchev–Trinajstić information content (AvgIpc) is 3.29. The Morgan fingerprint density at radius 2 is 1.65 bits per heavy atom. The number of amides is 2. The Hall–Kier alpha value is -3.46. The van der Waals surface area contributed by atoms with Crippen LogP contribution in [0.15, 0.2) is 48.5 Å². The summed E-state index contributed by atoms with van der Waals surface area (Å²) < 4.78 is 0. The Labute approximate surface area is 181 Å². The fraction of sp³-hybridized carbons (Fsp3) is 0.364. The molecule has 9 nitrogen and oxygen atoms in total. The number of nitrogens with zero attached hydrogens (tertiary/aromatic N) is 3. The summed E-state index contributed by atoms with van der Waals surface area (Å²) in [5, 5.41) is 15.9. The number of rotatable bonds is 7. The minimum absolute atomic E-state index is 0.0187. The predicted octanol–water partition coefficient (Wildman–Crippen LogP) is 2.55. The molecule has 31 heavy (non-hydrogen) atoms. The highest BCUT2D eigenvalue weighted by Gasteiger charge is 2.25. The van der Waals surface area contributed by atoms with Gasteiger partial charge < -0.3 is 15.5 Å². The van der Waals surface area contributed by atoms with E-state index >= 15 is 0 Å². The van der Waals surface area contributed by atoms with Crippen LogP contribution in [0.5, 0.6) is 0 Å². The first-order chi connectivity index (χ1) is 14.8. The van der Waals surface area contributed by atoms with Gasteiger partial charge in [0.1, 0.15) is 0 Å². The Balaban J connectivity index is 1.62. The van der Waals surface area contributed by atoms with Crippen LogP contribution in [-0.2, 0) is 9.59 Å². The standard InChI is InChI=1S/C22H27N5O4/c1-25(2)18-9-5-16(6-10-18)20(26-13-3-4-14-26)15-23-21(28)22(29)24-17-7-11-19(12-8-17)27(30)31/h5-12,20H,3-4,13-15H2,1-2H3,(H,23,28)(H,24,29). The van der Waals surface area contributed by atoms with Crippen molar-refractivity contribution in [3.05, 3.63) is 64.2 Å². The lowest BCUT2D eigenvalue weighted by Gasteiger charge is -2.28. The monoisotopic (exact) mass is 425 g/mol. The lowest BCUT2D eigenvalue weighted by Crippen LogP contribution is -2.41. The first kappa shape index (κ1) is 22.2. The highest BCUT2D eigenvalue weighted by Crippen LogP contribution is 2.26. The quantitative estimate of drug-likeness (QED) is 0.401. The van der Waals surface area contributed by atoms with E-state index in [1.165, 1.54) is 24.3 Å². The molecule has 0 bridgehead atoms. The molecule has 1 saturated heterocycles. The number of non-ortho nitro benzene ring substituents is 1. The molecule has 1 unspecified atom stereocenters. The third kappa shape index (κ3) is 5.79. The van der Waals surface area contributed by atoms with E-state index in [0.29, 0.717) is 12.2 Å². The molecule has 1 aliphatic rings. The number of nitrogens with one attached hydrogen (secondary N) is 2. The van der Waals surface area contributed by atoms with E-state index in [2.05, 4.69) is 27.7 Å². The number of hydrogen-bond acceptors (Lipinski definition) is 6. The number of hydrogen-bond donors (Lipinski definition) is 2. The maximum atomic E-state index is 12.4. The molecule has 0 aliphatic carbocycles. The molecular formula is C22H27N5O4. The molecule has 9 heteroatoms. The van der Waals surface area contributed by atoms with Crippen molar-refractivity contribution in [3.63, 3.8) is 0 Å². The molecule has 1 heterocycles. The van der Waals surface area contributed by atoms with Crippen LogP contribution in [0.25, 0.3) is 0 Å². The second-order valence-corrected chi connectivity index (χ2v) is 7.71. The van der Waals surface area contributed by atoms with E-state index in [9.17, 15) is 19.7 Å². The number of benzene rings is 2. The van der Waals surface area contributed by atoms with Gasteiger partial charge in [-0.1, -0.05) is 12.1 Å². The summed E-state index contributed by atoms with van der Waals surface area (Å²) in [5.41, 5.74) is 2.41. The summed E-state index contributed by atoms with van der Waals surface area (Å²) in [7, 11) is 3.97. The zero-order valence-electron chi connectivity index (χ0n) is 17.7. The Kier molecular flexibility index (Phi) is 7.19. The van der Waals surface area contributed by atoms with E-state index < -0.39 is 16.7 Å². The zero-order chi connectivity index (χ0) is 22.4. The van der Waals surface area contributed by atoms with Crippen LogP contribution in [0.4, 0.5) is 17.1 Å². The molecule has 0 aromatic heterocycles. The molecule has 2 amide bonds. The van der Waals surface area contributed by atoms with Gasteiger partial charge in [-0.25, -0.2) is 0 Å². The zero-order valence-corrected chi connectivity index (χ0v) is 17.7. The minimum Gasteiger partial charge on any atom is -0.378 e. The molecular weight excluding hydrogens is 398 g/mol. The van der Waals surface area contributed by atoms with Crippen LogP contribution in [0.2, 0.25) is 0 Å². The summed E-state index contributed by atoms with van der Waals surface area (Å²) in [6.07, 6.45) is 2.22. The van der Waals surface area contributed by atoms with Crippen LogP contribution in [0.3, 0.4) is 0 Å². The molecule has 1 aliphatic heterocycles. The van der Waals surface area contributed by atoms with Crippen LogP contribution < -0.4 is 15.5 Å². The Morgan fingerprint density at radius 3 is 2.19 bits per heavy atom.